The third kappa shape index (κ3) is 5.76. The summed E-state index contributed by atoms with van der Waals surface area (Å²) < 4.78 is 11.9. The molecule has 1 fully saturated rings. The molecule has 1 saturated carbocycles. The first-order chi connectivity index (χ1) is 16.5. The predicted molar refractivity (Wildman–Crippen MR) is 144 cm³/mol. The van der Waals surface area contributed by atoms with Crippen LogP contribution < -0.4 is 25.0 Å². The Morgan fingerprint density at radius 1 is 1.00 bits per heavy atom. The van der Waals surface area contributed by atoms with Gasteiger partial charge in [0, 0.05) is 55.5 Å². The van der Waals surface area contributed by atoms with Crippen LogP contribution in [0.5, 0.6) is 11.5 Å². The molecular formula is C27H35BrN4O2. The van der Waals surface area contributed by atoms with Crippen molar-refractivity contribution in [3.8, 4) is 11.5 Å². The van der Waals surface area contributed by atoms with Crippen LogP contribution in [0.1, 0.15) is 31.2 Å². The number of nitrogens with zero attached hydrogens (tertiary/aromatic N) is 2. The van der Waals surface area contributed by atoms with Gasteiger partial charge in [0.25, 0.3) is 0 Å². The van der Waals surface area contributed by atoms with Crippen LogP contribution in [0.15, 0.2) is 46.9 Å². The van der Waals surface area contributed by atoms with E-state index in [1.54, 1.807) is 14.2 Å². The molecule has 0 spiro atoms. The normalized spacial score (nSPS) is 18.0. The highest BCUT2D eigenvalue weighted by Gasteiger charge is 2.22. The molecule has 34 heavy (non-hydrogen) atoms. The van der Waals surface area contributed by atoms with Gasteiger partial charge in [-0.05, 0) is 66.2 Å². The molecule has 0 aliphatic heterocycles. The summed E-state index contributed by atoms with van der Waals surface area (Å²) >= 11 is 3.58. The SMILES string of the molecule is COc1cc(OC)c(CNCC2CCC(Nc3cc(N(C)C)c4ccccc4n3)CC2)cc1Br. The molecule has 1 aliphatic carbocycles. The molecule has 182 valence electrons. The van der Waals surface area contributed by atoms with Crippen LogP contribution in [-0.4, -0.2) is 45.9 Å². The number of benzene rings is 2. The van der Waals surface area contributed by atoms with Crippen molar-refractivity contribution in [1.29, 1.82) is 0 Å². The Balaban J connectivity index is 1.29. The molecule has 2 aromatic carbocycles. The first kappa shape index (κ1) is 24.6. The molecule has 4 rings (SSSR count). The summed E-state index contributed by atoms with van der Waals surface area (Å²) in [5.41, 5.74) is 3.37. The van der Waals surface area contributed by atoms with Gasteiger partial charge < -0.3 is 25.0 Å². The zero-order chi connectivity index (χ0) is 24.1. The van der Waals surface area contributed by atoms with E-state index in [1.807, 2.05) is 6.07 Å². The average Bonchev–Trinajstić information content (AvgIpc) is 2.84. The zero-order valence-electron chi connectivity index (χ0n) is 20.5. The second-order valence-electron chi connectivity index (χ2n) is 9.23. The van der Waals surface area contributed by atoms with Gasteiger partial charge in [0.1, 0.15) is 17.3 Å². The molecule has 7 heteroatoms. The largest absolute Gasteiger partial charge is 0.496 e. The van der Waals surface area contributed by atoms with Crippen LogP contribution in [-0.2, 0) is 6.54 Å². The first-order valence-electron chi connectivity index (χ1n) is 11.9. The number of hydrogen-bond donors (Lipinski definition) is 2. The molecule has 1 aromatic heterocycles. The quantitative estimate of drug-likeness (QED) is 0.365. The van der Waals surface area contributed by atoms with Crippen molar-refractivity contribution in [2.24, 2.45) is 5.92 Å². The van der Waals surface area contributed by atoms with Crippen LogP contribution in [0.3, 0.4) is 0 Å². The minimum Gasteiger partial charge on any atom is -0.496 e. The highest BCUT2D eigenvalue weighted by molar-refractivity contribution is 9.10. The average molecular weight is 528 g/mol. The second kappa shape index (κ2) is 11.3. The Hall–Kier alpha value is -2.51. The van der Waals surface area contributed by atoms with E-state index >= 15 is 0 Å². The minimum atomic E-state index is 0.470. The van der Waals surface area contributed by atoms with Crippen LogP contribution in [0.25, 0.3) is 10.9 Å². The van der Waals surface area contributed by atoms with Crippen LogP contribution >= 0.6 is 15.9 Å². The van der Waals surface area contributed by atoms with Gasteiger partial charge in [-0.3, -0.25) is 0 Å². The molecule has 0 atom stereocenters. The lowest BCUT2D eigenvalue weighted by Crippen LogP contribution is -2.31. The summed E-state index contributed by atoms with van der Waals surface area (Å²) in [5.74, 6) is 3.29. The van der Waals surface area contributed by atoms with Crippen LogP contribution in [0, 0.1) is 5.92 Å². The minimum absolute atomic E-state index is 0.470. The number of para-hydroxylation sites is 1. The number of fused-ring (bicyclic) bond motifs is 1. The molecule has 1 heterocycles. The molecule has 0 amide bonds. The molecule has 1 aliphatic rings. The first-order valence-corrected chi connectivity index (χ1v) is 12.7. The van der Waals surface area contributed by atoms with Crippen LogP contribution in [0.4, 0.5) is 11.5 Å². The number of ether oxygens (including phenoxy) is 2. The van der Waals surface area contributed by atoms with E-state index < -0.39 is 0 Å². The third-order valence-electron chi connectivity index (χ3n) is 6.68. The molecule has 0 unspecified atom stereocenters. The van der Waals surface area contributed by atoms with Crippen molar-refractivity contribution in [2.75, 3.05) is 45.1 Å². The number of aromatic nitrogens is 1. The number of rotatable bonds is 9. The molecular weight excluding hydrogens is 492 g/mol. The summed E-state index contributed by atoms with van der Waals surface area (Å²) in [6.45, 7) is 1.79. The van der Waals surface area contributed by atoms with Crippen molar-refractivity contribution >= 4 is 38.3 Å². The lowest BCUT2D eigenvalue weighted by Gasteiger charge is -2.30. The summed E-state index contributed by atoms with van der Waals surface area (Å²) in [7, 11) is 7.54. The number of hydrogen-bond acceptors (Lipinski definition) is 6. The fraction of sp³-hybridized carbons (Fsp3) is 0.444. The van der Waals surface area contributed by atoms with E-state index in [0.29, 0.717) is 12.0 Å². The Morgan fingerprint density at radius 3 is 2.44 bits per heavy atom. The molecule has 6 nitrogen and oxygen atoms in total. The number of halogens is 1. The predicted octanol–water partition coefficient (Wildman–Crippen LogP) is 5.84. The summed E-state index contributed by atoms with van der Waals surface area (Å²) in [5, 5.41) is 8.53. The number of methoxy groups -OCH3 is 2. The number of anilines is 2. The zero-order valence-corrected chi connectivity index (χ0v) is 22.1. The second-order valence-corrected chi connectivity index (χ2v) is 10.1. The van der Waals surface area contributed by atoms with E-state index in [-0.39, 0.29) is 0 Å². The molecule has 3 aromatic rings. The van der Waals surface area contributed by atoms with Gasteiger partial charge in [0.05, 0.1) is 24.2 Å². The van der Waals surface area contributed by atoms with Crippen molar-refractivity contribution in [3.05, 3.63) is 52.5 Å². The summed E-state index contributed by atoms with van der Waals surface area (Å²) in [6.07, 6.45) is 4.75. The van der Waals surface area contributed by atoms with Crippen molar-refractivity contribution in [2.45, 2.75) is 38.3 Å². The Labute approximate surface area is 211 Å². The van der Waals surface area contributed by atoms with Gasteiger partial charge in [-0.15, -0.1) is 0 Å². The van der Waals surface area contributed by atoms with Crippen molar-refractivity contribution < 1.29 is 9.47 Å². The molecule has 0 saturated heterocycles. The van der Waals surface area contributed by atoms with Crippen molar-refractivity contribution in [3.63, 3.8) is 0 Å². The smallest absolute Gasteiger partial charge is 0.136 e. The standard InChI is InChI=1S/C27H35BrN4O2/c1-32(2)24-14-27(31-23-8-6-5-7-21(23)24)30-20-11-9-18(10-12-20)16-29-17-19-13-22(28)26(34-4)15-25(19)33-3/h5-8,13-15,18,20,29H,9-12,16-17H2,1-4H3,(H,30,31). The van der Waals surface area contributed by atoms with Gasteiger partial charge in [-0.1, -0.05) is 18.2 Å². The summed E-state index contributed by atoms with van der Waals surface area (Å²) in [4.78, 5) is 7.04. The number of nitrogens with one attached hydrogen (secondary N) is 2. The maximum absolute atomic E-state index is 5.55. The highest BCUT2D eigenvalue weighted by atomic mass is 79.9. The van der Waals surface area contributed by atoms with E-state index in [2.05, 4.69) is 82.0 Å². The Morgan fingerprint density at radius 2 is 1.74 bits per heavy atom. The molecule has 0 radical (unpaired) electrons. The van der Waals surface area contributed by atoms with Gasteiger partial charge in [0.15, 0.2) is 0 Å². The maximum atomic E-state index is 5.55. The Kier molecular flexibility index (Phi) is 8.16. The lowest BCUT2D eigenvalue weighted by atomic mass is 9.86. The van der Waals surface area contributed by atoms with Gasteiger partial charge >= 0.3 is 0 Å². The topological polar surface area (TPSA) is 58.7 Å². The van der Waals surface area contributed by atoms with E-state index in [0.717, 1.165) is 58.8 Å². The maximum Gasteiger partial charge on any atom is 0.136 e. The van der Waals surface area contributed by atoms with Gasteiger partial charge in [0.2, 0.25) is 0 Å². The molecule has 2 N–H and O–H groups in total. The van der Waals surface area contributed by atoms with Gasteiger partial charge in [-0.25, -0.2) is 4.98 Å². The fourth-order valence-electron chi connectivity index (χ4n) is 4.79. The third-order valence-corrected chi connectivity index (χ3v) is 7.30. The van der Waals surface area contributed by atoms with E-state index in [4.69, 9.17) is 14.5 Å². The number of pyridine rings is 1. The lowest BCUT2D eigenvalue weighted by molar-refractivity contribution is 0.323. The summed E-state index contributed by atoms with van der Waals surface area (Å²) in [6, 6.07) is 15.0. The van der Waals surface area contributed by atoms with E-state index in [1.165, 1.54) is 23.9 Å². The van der Waals surface area contributed by atoms with Gasteiger partial charge in [-0.2, -0.15) is 0 Å². The van der Waals surface area contributed by atoms with E-state index in [9.17, 15) is 0 Å². The fourth-order valence-corrected chi connectivity index (χ4v) is 5.35. The highest BCUT2D eigenvalue weighted by Crippen LogP contribution is 2.33. The van der Waals surface area contributed by atoms with Crippen LogP contribution in [0.2, 0.25) is 0 Å². The van der Waals surface area contributed by atoms with Crippen molar-refractivity contribution in [1.82, 2.24) is 10.3 Å². The monoisotopic (exact) mass is 526 g/mol. The Bertz CT molecular complexity index is 1110. The molecule has 0 bridgehead atoms.